The first-order valence-corrected chi connectivity index (χ1v) is 5.30. The highest BCUT2D eigenvalue weighted by molar-refractivity contribution is 7.89. The van der Waals surface area contributed by atoms with Crippen LogP contribution in [0.5, 0.6) is 5.75 Å². The van der Waals surface area contributed by atoms with Crippen molar-refractivity contribution in [2.45, 2.75) is 4.90 Å². The summed E-state index contributed by atoms with van der Waals surface area (Å²) in [4.78, 5) is 10.0. The first kappa shape index (κ1) is 11.6. The van der Waals surface area contributed by atoms with Gasteiger partial charge in [-0.1, -0.05) is 0 Å². The van der Waals surface area contributed by atoms with E-state index in [2.05, 4.69) is 4.74 Å². The maximum Gasteiger partial charge on any atom is 0.238 e. The molecule has 0 spiro atoms. The number of aldehydes is 1. The Morgan fingerprint density at radius 3 is 2.47 bits per heavy atom. The van der Waals surface area contributed by atoms with Crippen molar-refractivity contribution < 1.29 is 22.3 Å². The van der Waals surface area contributed by atoms with Gasteiger partial charge in [-0.3, -0.25) is 4.79 Å². The van der Waals surface area contributed by atoms with Crippen molar-refractivity contribution in [3.8, 4) is 5.75 Å². The van der Waals surface area contributed by atoms with E-state index < -0.39 is 20.7 Å². The molecule has 0 aliphatic carbocycles. The molecule has 0 bridgehead atoms. The van der Waals surface area contributed by atoms with Gasteiger partial charge in [-0.05, 0) is 6.07 Å². The van der Waals surface area contributed by atoms with Gasteiger partial charge in [-0.15, -0.1) is 0 Å². The minimum Gasteiger partial charge on any atom is -0.496 e. The van der Waals surface area contributed by atoms with E-state index in [-0.39, 0.29) is 17.6 Å². The molecule has 0 atom stereocenters. The third-order valence-corrected chi connectivity index (χ3v) is 2.62. The van der Waals surface area contributed by atoms with Crippen molar-refractivity contribution in [2.24, 2.45) is 5.14 Å². The van der Waals surface area contributed by atoms with Gasteiger partial charge in [0.2, 0.25) is 10.0 Å². The van der Waals surface area contributed by atoms with E-state index in [1.807, 2.05) is 0 Å². The monoisotopic (exact) mass is 233 g/mol. The van der Waals surface area contributed by atoms with Crippen LogP contribution in [0, 0.1) is 5.82 Å². The molecule has 7 heteroatoms. The van der Waals surface area contributed by atoms with Crippen LogP contribution in [0.1, 0.15) is 10.4 Å². The van der Waals surface area contributed by atoms with Crippen LogP contribution in [-0.2, 0) is 10.0 Å². The van der Waals surface area contributed by atoms with Crippen molar-refractivity contribution in [1.82, 2.24) is 0 Å². The minimum atomic E-state index is -4.02. The molecule has 0 saturated carbocycles. The zero-order valence-corrected chi connectivity index (χ0v) is 8.55. The smallest absolute Gasteiger partial charge is 0.238 e. The summed E-state index contributed by atoms with van der Waals surface area (Å²) in [6.45, 7) is 0. The normalized spacial score (nSPS) is 11.1. The second-order valence-corrected chi connectivity index (χ2v) is 4.25. The zero-order chi connectivity index (χ0) is 11.6. The van der Waals surface area contributed by atoms with Crippen LogP contribution in [-0.4, -0.2) is 21.8 Å². The number of sulfonamides is 1. The summed E-state index contributed by atoms with van der Waals surface area (Å²) in [5, 5.41) is 4.80. The summed E-state index contributed by atoms with van der Waals surface area (Å²) < 4.78 is 39.7. The molecule has 82 valence electrons. The number of hydrogen-bond acceptors (Lipinski definition) is 4. The van der Waals surface area contributed by atoms with E-state index in [0.29, 0.717) is 6.07 Å². The largest absolute Gasteiger partial charge is 0.496 e. The maximum absolute atomic E-state index is 13.2. The summed E-state index contributed by atoms with van der Waals surface area (Å²) in [6.07, 6.45) is 0.237. The standard InChI is InChI=1S/C8H8FNO4S/c1-14-8-3-5(15(10,12)13)2-7(9)6(8)4-11/h2-4H,1H3,(H2,10,12,13). The Labute approximate surface area is 85.7 Å². The molecule has 0 aliphatic heterocycles. The van der Waals surface area contributed by atoms with Gasteiger partial charge in [0.25, 0.3) is 0 Å². The molecule has 1 aromatic carbocycles. The van der Waals surface area contributed by atoms with Gasteiger partial charge in [0, 0.05) is 6.07 Å². The van der Waals surface area contributed by atoms with Crippen LogP contribution >= 0.6 is 0 Å². The molecule has 0 fully saturated rings. The Bertz CT molecular complexity index is 498. The predicted octanol–water partition coefficient (Wildman–Crippen LogP) is 0.294. The van der Waals surface area contributed by atoms with Gasteiger partial charge in [-0.2, -0.15) is 0 Å². The molecule has 0 aliphatic rings. The number of benzene rings is 1. The molecule has 1 rings (SSSR count). The molecule has 0 amide bonds. The summed E-state index contributed by atoms with van der Waals surface area (Å²) in [5.41, 5.74) is -0.343. The third kappa shape index (κ3) is 2.31. The van der Waals surface area contributed by atoms with Crippen molar-refractivity contribution >= 4 is 16.3 Å². The second kappa shape index (κ2) is 3.95. The lowest BCUT2D eigenvalue weighted by molar-refractivity contribution is 0.111. The molecule has 0 unspecified atom stereocenters. The van der Waals surface area contributed by atoms with Crippen LogP contribution in [0.15, 0.2) is 17.0 Å². The highest BCUT2D eigenvalue weighted by atomic mass is 32.2. The Kier molecular flexibility index (Phi) is 3.06. The minimum absolute atomic E-state index is 0.172. The van der Waals surface area contributed by atoms with E-state index in [9.17, 15) is 17.6 Å². The SMILES string of the molecule is COc1cc(S(N)(=O)=O)cc(F)c1C=O. The summed E-state index contributed by atoms with van der Waals surface area (Å²) in [6, 6.07) is 1.66. The fourth-order valence-corrected chi connectivity index (χ4v) is 1.56. The Morgan fingerprint density at radius 2 is 2.07 bits per heavy atom. The molecule has 5 nitrogen and oxygen atoms in total. The van der Waals surface area contributed by atoms with Crippen molar-refractivity contribution in [3.05, 3.63) is 23.5 Å². The van der Waals surface area contributed by atoms with Crippen LogP contribution in [0.3, 0.4) is 0 Å². The van der Waals surface area contributed by atoms with Crippen molar-refractivity contribution in [1.29, 1.82) is 0 Å². The zero-order valence-electron chi connectivity index (χ0n) is 7.73. The molecule has 2 N–H and O–H groups in total. The Balaban J connectivity index is 3.52. The van der Waals surface area contributed by atoms with Gasteiger partial charge in [0.1, 0.15) is 11.6 Å². The topological polar surface area (TPSA) is 86.5 Å². The number of primary sulfonamides is 1. The fraction of sp³-hybridized carbons (Fsp3) is 0.125. The Morgan fingerprint density at radius 1 is 1.47 bits per heavy atom. The molecular formula is C8H8FNO4S. The number of carbonyl (C=O) groups is 1. The average Bonchev–Trinajstić information content (AvgIpc) is 2.15. The molecule has 0 aromatic heterocycles. The lowest BCUT2D eigenvalue weighted by Crippen LogP contribution is -2.13. The lowest BCUT2D eigenvalue weighted by Gasteiger charge is -2.06. The molecule has 1 aromatic rings. The predicted molar refractivity (Wildman–Crippen MR) is 49.7 cm³/mol. The molecule has 0 radical (unpaired) electrons. The van der Waals surface area contributed by atoms with E-state index in [1.165, 1.54) is 7.11 Å². The van der Waals surface area contributed by atoms with E-state index in [4.69, 9.17) is 5.14 Å². The number of halogens is 1. The van der Waals surface area contributed by atoms with Crippen molar-refractivity contribution in [3.63, 3.8) is 0 Å². The van der Waals surface area contributed by atoms with E-state index in [0.717, 1.165) is 6.07 Å². The molecule has 0 heterocycles. The first-order valence-electron chi connectivity index (χ1n) is 3.75. The number of ether oxygens (including phenoxy) is 1. The second-order valence-electron chi connectivity index (χ2n) is 2.68. The van der Waals surface area contributed by atoms with Crippen molar-refractivity contribution in [2.75, 3.05) is 7.11 Å². The number of nitrogens with two attached hydrogens (primary N) is 1. The third-order valence-electron chi connectivity index (χ3n) is 1.73. The summed E-state index contributed by atoms with van der Waals surface area (Å²) in [5.74, 6) is -1.16. The van der Waals surface area contributed by atoms with Gasteiger partial charge >= 0.3 is 0 Å². The van der Waals surface area contributed by atoms with Gasteiger partial charge in [-0.25, -0.2) is 17.9 Å². The number of hydrogen-bond donors (Lipinski definition) is 1. The highest BCUT2D eigenvalue weighted by Gasteiger charge is 2.16. The lowest BCUT2D eigenvalue weighted by atomic mass is 10.2. The fourth-order valence-electron chi connectivity index (χ4n) is 1.02. The maximum atomic E-state index is 13.2. The van der Waals surface area contributed by atoms with E-state index in [1.54, 1.807) is 0 Å². The molecular weight excluding hydrogens is 225 g/mol. The highest BCUT2D eigenvalue weighted by Crippen LogP contribution is 2.23. The molecule has 0 saturated heterocycles. The van der Waals surface area contributed by atoms with Crippen LogP contribution in [0.2, 0.25) is 0 Å². The van der Waals surface area contributed by atoms with Crippen LogP contribution in [0.4, 0.5) is 4.39 Å². The first-order chi connectivity index (χ1) is 6.90. The van der Waals surface area contributed by atoms with Gasteiger partial charge < -0.3 is 4.74 Å². The number of carbonyl (C=O) groups excluding carboxylic acids is 1. The van der Waals surface area contributed by atoms with Gasteiger partial charge in [0.05, 0.1) is 17.6 Å². The number of methoxy groups -OCH3 is 1. The summed E-state index contributed by atoms with van der Waals surface area (Å²) >= 11 is 0. The average molecular weight is 233 g/mol. The number of rotatable bonds is 3. The molecule has 15 heavy (non-hydrogen) atoms. The quantitative estimate of drug-likeness (QED) is 0.760. The van der Waals surface area contributed by atoms with E-state index >= 15 is 0 Å². The van der Waals surface area contributed by atoms with Crippen LogP contribution < -0.4 is 9.88 Å². The van der Waals surface area contributed by atoms with Gasteiger partial charge in [0.15, 0.2) is 6.29 Å². The Hall–Kier alpha value is -1.47. The summed E-state index contributed by atoms with van der Waals surface area (Å²) in [7, 11) is -2.83. The van der Waals surface area contributed by atoms with Crippen LogP contribution in [0.25, 0.3) is 0 Å².